The molecule has 4 heterocycles. The molecule has 1 spiro atoms. The van der Waals surface area contributed by atoms with Crippen molar-refractivity contribution in [2.45, 2.75) is 43.8 Å². The zero-order valence-corrected chi connectivity index (χ0v) is 17.0. The number of alkyl halides is 3. The van der Waals surface area contributed by atoms with E-state index in [1.165, 1.54) is 12.7 Å². The lowest BCUT2D eigenvalue weighted by molar-refractivity contribution is -0.192. The first-order valence-electron chi connectivity index (χ1n) is 9.81. The Labute approximate surface area is 181 Å². The summed E-state index contributed by atoms with van der Waals surface area (Å²) in [5.74, 6) is -2.86. The second kappa shape index (κ2) is 10.1. The summed E-state index contributed by atoms with van der Waals surface area (Å²) in [7, 11) is 0. The Morgan fingerprint density at radius 3 is 2.66 bits per heavy atom. The number of hydrogen-bond acceptors (Lipinski definition) is 7. The molecule has 0 saturated carbocycles. The third-order valence-electron chi connectivity index (χ3n) is 5.13. The Balaban J connectivity index is 0.000000360. The molecule has 12 heteroatoms. The number of hydrogen-bond donors (Lipinski definition) is 1. The lowest BCUT2D eigenvalue weighted by atomic mass is 9.89. The van der Waals surface area contributed by atoms with Crippen LogP contribution in [0.5, 0.6) is 0 Å². The monoisotopic (exact) mass is 457 g/mol. The summed E-state index contributed by atoms with van der Waals surface area (Å²) in [6, 6.07) is 3.90. The molecular weight excluding hydrogens is 435 g/mol. The normalized spacial score (nSPS) is 23.0. The first-order chi connectivity index (χ1) is 15.2. The van der Waals surface area contributed by atoms with Gasteiger partial charge in [0.2, 0.25) is 0 Å². The molecular formula is C20H22F3N3O6. The van der Waals surface area contributed by atoms with E-state index in [0.29, 0.717) is 25.5 Å². The summed E-state index contributed by atoms with van der Waals surface area (Å²) in [4.78, 5) is 31.2. The van der Waals surface area contributed by atoms with E-state index in [1.54, 1.807) is 12.4 Å². The second-order valence-corrected chi connectivity index (χ2v) is 7.49. The topological polar surface area (TPSA) is 115 Å². The van der Waals surface area contributed by atoms with E-state index in [9.17, 15) is 18.0 Å². The molecule has 4 rings (SSSR count). The molecule has 32 heavy (non-hydrogen) atoms. The predicted octanol–water partition coefficient (Wildman–Crippen LogP) is 2.68. The number of carbonyl (C=O) groups excluding carboxylic acids is 1. The van der Waals surface area contributed by atoms with E-state index in [2.05, 4.69) is 9.97 Å². The van der Waals surface area contributed by atoms with E-state index >= 15 is 0 Å². The fraction of sp³-hybridized carbons (Fsp3) is 0.500. The smallest absolute Gasteiger partial charge is 0.475 e. The van der Waals surface area contributed by atoms with Gasteiger partial charge in [-0.1, -0.05) is 0 Å². The summed E-state index contributed by atoms with van der Waals surface area (Å²) >= 11 is 0. The molecule has 2 atom stereocenters. The number of carboxylic acids is 1. The highest BCUT2D eigenvalue weighted by molar-refractivity contribution is 5.92. The minimum atomic E-state index is -5.08. The molecule has 0 unspecified atom stereocenters. The van der Waals surface area contributed by atoms with Gasteiger partial charge < -0.3 is 23.9 Å². The number of halogens is 3. The third kappa shape index (κ3) is 6.26. The number of oxazole rings is 1. The van der Waals surface area contributed by atoms with Gasteiger partial charge in [-0.3, -0.25) is 9.78 Å². The highest BCUT2D eigenvalue weighted by Crippen LogP contribution is 2.36. The van der Waals surface area contributed by atoms with Gasteiger partial charge in [0.25, 0.3) is 5.91 Å². The molecule has 0 bridgehead atoms. The van der Waals surface area contributed by atoms with Crippen LogP contribution < -0.4 is 0 Å². The summed E-state index contributed by atoms with van der Waals surface area (Å²) in [5, 5.41) is 7.12. The fourth-order valence-corrected chi connectivity index (χ4v) is 3.64. The Bertz CT molecular complexity index is 894. The van der Waals surface area contributed by atoms with Gasteiger partial charge in [0.1, 0.15) is 6.26 Å². The number of likely N-dealkylation sites (tertiary alicyclic amines) is 1. The molecule has 2 aliphatic heterocycles. The van der Waals surface area contributed by atoms with Crippen molar-refractivity contribution in [1.82, 2.24) is 14.9 Å². The molecule has 1 N–H and O–H groups in total. The highest BCUT2D eigenvalue weighted by Gasteiger charge is 2.45. The number of piperidine rings is 1. The number of carboxylic acid groups (broad SMARTS) is 1. The number of amides is 1. The van der Waals surface area contributed by atoms with Crippen LogP contribution in [0.3, 0.4) is 0 Å². The third-order valence-corrected chi connectivity index (χ3v) is 5.13. The lowest BCUT2D eigenvalue weighted by Gasteiger charge is -2.39. The van der Waals surface area contributed by atoms with Crippen molar-refractivity contribution in [1.29, 1.82) is 0 Å². The van der Waals surface area contributed by atoms with Gasteiger partial charge in [0.05, 0.1) is 31.5 Å². The summed E-state index contributed by atoms with van der Waals surface area (Å²) < 4.78 is 48.8. The van der Waals surface area contributed by atoms with Crippen molar-refractivity contribution >= 4 is 11.9 Å². The lowest BCUT2D eigenvalue weighted by Crippen LogP contribution is -2.50. The van der Waals surface area contributed by atoms with Gasteiger partial charge >= 0.3 is 12.1 Å². The maximum atomic E-state index is 12.5. The van der Waals surface area contributed by atoms with Gasteiger partial charge in [0.15, 0.2) is 12.1 Å². The van der Waals surface area contributed by atoms with Crippen LogP contribution in [0.1, 0.15) is 35.3 Å². The van der Waals surface area contributed by atoms with Crippen molar-refractivity contribution < 1.29 is 41.8 Å². The molecule has 2 fully saturated rings. The minimum absolute atomic E-state index is 0.0512. The minimum Gasteiger partial charge on any atom is -0.475 e. The number of aromatic nitrogens is 2. The first-order valence-corrected chi connectivity index (χ1v) is 9.81. The molecule has 174 valence electrons. The molecule has 0 aliphatic carbocycles. The van der Waals surface area contributed by atoms with E-state index in [0.717, 1.165) is 31.4 Å². The number of aliphatic carboxylic acids is 1. The van der Waals surface area contributed by atoms with Crippen molar-refractivity contribution in [3.8, 4) is 0 Å². The highest BCUT2D eigenvalue weighted by atomic mass is 19.4. The van der Waals surface area contributed by atoms with E-state index in [-0.39, 0.29) is 17.6 Å². The van der Waals surface area contributed by atoms with Gasteiger partial charge in [-0.05, 0) is 30.5 Å². The van der Waals surface area contributed by atoms with E-state index < -0.39 is 12.1 Å². The Kier molecular flexibility index (Phi) is 7.46. The SMILES string of the molecule is O=C(O)C(F)(F)F.O=C(c1cocn1)N1CCC[C@]2(C[C@@H](OCc3ccncc3)CO2)C1. The van der Waals surface area contributed by atoms with Crippen LogP contribution in [-0.2, 0) is 20.9 Å². The van der Waals surface area contributed by atoms with Crippen LogP contribution in [-0.4, -0.2) is 69.4 Å². The molecule has 0 aromatic carbocycles. The Hall–Kier alpha value is -2.99. The maximum Gasteiger partial charge on any atom is 0.490 e. The Morgan fingerprint density at radius 1 is 1.31 bits per heavy atom. The largest absolute Gasteiger partial charge is 0.490 e. The molecule has 2 aromatic heterocycles. The molecule has 1 amide bonds. The number of pyridine rings is 1. The van der Waals surface area contributed by atoms with Crippen LogP contribution in [0, 0.1) is 0 Å². The fourth-order valence-electron chi connectivity index (χ4n) is 3.64. The Morgan fingerprint density at radius 2 is 2.03 bits per heavy atom. The average Bonchev–Trinajstić information content (AvgIpc) is 3.43. The summed E-state index contributed by atoms with van der Waals surface area (Å²) in [6.45, 7) is 2.42. The predicted molar refractivity (Wildman–Crippen MR) is 101 cm³/mol. The van der Waals surface area contributed by atoms with Gasteiger partial charge in [0, 0.05) is 25.4 Å². The number of carbonyl (C=O) groups is 2. The standard InChI is InChI=1S/C18H21N3O4.C2HF3O2/c22-17(16-11-23-13-20-16)21-7-1-4-18(12-21)8-15(10-25-18)24-9-14-2-5-19-6-3-14;3-2(4,5)1(6)7/h2-3,5-6,11,13,15H,1,4,7-10,12H2;(H,6,7)/t15-,18+;/m1./s1. The van der Waals surface area contributed by atoms with E-state index in [1.807, 2.05) is 17.0 Å². The second-order valence-electron chi connectivity index (χ2n) is 7.49. The van der Waals surface area contributed by atoms with Gasteiger partial charge in [-0.2, -0.15) is 13.2 Å². The molecule has 9 nitrogen and oxygen atoms in total. The molecule has 2 aliphatic rings. The summed E-state index contributed by atoms with van der Waals surface area (Å²) in [6.07, 6.45) is 3.84. The number of nitrogens with zero attached hydrogens (tertiary/aromatic N) is 3. The van der Waals surface area contributed by atoms with Crippen molar-refractivity contribution in [2.24, 2.45) is 0 Å². The average molecular weight is 457 g/mol. The number of ether oxygens (including phenoxy) is 2. The van der Waals surface area contributed by atoms with Crippen LogP contribution in [0.2, 0.25) is 0 Å². The van der Waals surface area contributed by atoms with Gasteiger partial charge in [-0.25, -0.2) is 9.78 Å². The van der Waals surface area contributed by atoms with Crippen molar-refractivity contribution in [3.63, 3.8) is 0 Å². The van der Waals surface area contributed by atoms with Crippen molar-refractivity contribution in [3.05, 3.63) is 48.4 Å². The summed E-state index contributed by atoms with van der Waals surface area (Å²) in [5.41, 5.74) is 1.14. The molecule has 0 radical (unpaired) electrons. The van der Waals surface area contributed by atoms with Crippen LogP contribution in [0.4, 0.5) is 13.2 Å². The zero-order valence-electron chi connectivity index (χ0n) is 17.0. The first kappa shape index (κ1) is 23.7. The molecule has 2 saturated heterocycles. The number of rotatable bonds is 4. The van der Waals surface area contributed by atoms with Gasteiger partial charge in [-0.15, -0.1) is 0 Å². The van der Waals surface area contributed by atoms with Crippen molar-refractivity contribution in [2.75, 3.05) is 19.7 Å². The van der Waals surface area contributed by atoms with E-state index in [4.69, 9.17) is 23.8 Å². The maximum absolute atomic E-state index is 12.5. The van der Waals surface area contributed by atoms with Crippen LogP contribution in [0.25, 0.3) is 0 Å². The zero-order chi connectivity index (χ0) is 23.2. The van der Waals surface area contributed by atoms with Crippen LogP contribution in [0.15, 0.2) is 41.6 Å². The quantitative estimate of drug-likeness (QED) is 0.745. The van der Waals surface area contributed by atoms with Crippen LogP contribution >= 0.6 is 0 Å². The molecule has 2 aromatic rings.